The molecule has 4 rings (SSSR count). The van der Waals surface area contributed by atoms with Crippen LogP contribution < -0.4 is 25.0 Å². The normalized spacial score (nSPS) is 10.8. The first-order valence-electron chi connectivity index (χ1n) is 11.9. The van der Waals surface area contributed by atoms with Gasteiger partial charge >= 0.3 is 0 Å². The number of ether oxygens (including phenoxy) is 3. The van der Waals surface area contributed by atoms with Crippen molar-refractivity contribution in [1.29, 1.82) is 0 Å². The van der Waals surface area contributed by atoms with E-state index in [4.69, 9.17) is 14.2 Å². The minimum absolute atomic E-state index is 0.157. The molecule has 0 fully saturated rings. The van der Waals surface area contributed by atoms with E-state index >= 15 is 0 Å². The molecule has 0 atom stereocenters. The van der Waals surface area contributed by atoms with Crippen molar-refractivity contribution >= 4 is 34.3 Å². The van der Waals surface area contributed by atoms with Gasteiger partial charge in [0.2, 0.25) is 5.13 Å². The fourth-order valence-corrected chi connectivity index (χ4v) is 4.03. The van der Waals surface area contributed by atoms with Gasteiger partial charge in [0.15, 0.2) is 18.1 Å². The van der Waals surface area contributed by atoms with Crippen LogP contribution in [0, 0.1) is 0 Å². The number of benzene rings is 3. The monoisotopic (exact) mass is 516 g/mol. The third-order valence-electron chi connectivity index (χ3n) is 5.02. The van der Waals surface area contributed by atoms with Gasteiger partial charge in [-0.2, -0.15) is 5.10 Å². The Kier molecular flexibility index (Phi) is 9.09. The fraction of sp³-hybridized carbons (Fsp3) is 0.179. The summed E-state index contributed by atoms with van der Waals surface area (Å²) >= 11 is 1.48. The van der Waals surface area contributed by atoms with Crippen LogP contribution in [-0.2, 0) is 4.79 Å². The van der Waals surface area contributed by atoms with E-state index < -0.39 is 0 Å². The van der Waals surface area contributed by atoms with Gasteiger partial charge in [0.25, 0.3) is 5.91 Å². The smallest absolute Gasteiger partial charge is 0.262 e. The van der Waals surface area contributed by atoms with Crippen LogP contribution in [0.15, 0.2) is 83.3 Å². The molecule has 4 aromatic rings. The van der Waals surface area contributed by atoms with Gasteiger partial charge in [0.1, 0.15) is 5.75 Å². The SMILES string of the molecule is CCOc1ccc(NC(=O)COc2ccc(C=NNc3nc(-c4ccccc4)cs3)cc2OCC)cc1. The molecule has 0 radical (unpaired) electrons. The molecule has 2 N–H and O–H groups in total. The molecule has 8 nitrogen and oxygen atoms in total. The Morgan fingerprint density at radius 1 is 0.946 bits per heavy atom. The quantitative estimate of drug-likeness (QED) is 0.175. The number of thiazole rings is 1. The molecule has 9 heteroatoms. The number of carbonyl (C=O) groups is 1. The summed E-state index contributed by atoms with van der Waals surface area (Å²) in [5, 5.41) is 9.78. The highest BCUT2D eigenvalue weighted by molar-refractivity contribution is 7.14. The molecule has 3 aromatic carbocycles. The van der Waals surface area contributed by atoms with Gasteiger partial charge < -0.3 is 19.5 Å². The number of nitrogens with one attached hydrogen (secondary N) is 2. The van der Waals surface area contributed by atoms with Gasteiger partial charge in [-0.05, 0) is 61.9 Å². The first-order chi connectivity index (χ1) is 18.1. The van der Waals surface area contributed by atoms with E-state index in [9.17, 15) is 4.79 Å². The number of aromatic nitrogens is 1. The molecule has 0 aliphatic carbocycles. The summed E-state index contributed by atoms with van der Waals surface area (Å²) in [4.78, 5) is 16.9. The maximum Gasteiger partial charge on any atom is 0.262 e. The molecule has 37 heavy (non-hydrogen) atoms. The number of nitrogens with zero attached hydrogens (tertiary/aromatic N) is 2. The molecular formula is C28H28N4O4S. The van der Waals surface area contributed by atoms with Crippen LogP contribution in [0.4, 0.5) is 10.8 Å². The Hall–Kier alpha value is -4.37. The second-order valence-corrected chi connectivity index (χ2v) is 8.57. The highest BCUT2D eigenvalue weighted by atomic mass is 32.1. The molecule has 0 bridgehead atoms. The molecule has 1 aromatic heterocycles. The molecule has 0 spiro atoms. The Balaban J connectivity index is 1.33. The van der Waals surface area contributed by atoms with Crippen LogP contribution in [-0.4, -0.2) is 36.9 Å². The summed E-state index contributed by atoms with van der Waals surface area (Å²) in [5.74, 6) is 1.47. The zero-order chi connectivity index (χ0) is 25.9. The Morgan fingerprint density at radius 2 is 1.73 bits per heavy atom. The maximum atomic E-state index is 12.4. The lowest BCUT2D eigenvalue weighted by atomic mass is 10.2. The van der Waals surface area contributed by atoms with Crippen molar-refractivity contribution in [2.45, 2.75) is 13.8 Å². The number of amides is 1. The van der Waals surface area contributed by atoms with Crippen molar-refractivity contribution in [2.75, 3.05) is 30.6 Å². The Bertz CT molecular complexity index is 1320. The number of anilines is 2. The fourth-order valence-electron chi connectivity index (χ4n) is 3.36. The van der Waals surface area contributed by atoms with E-state index in [0.717, 1.165) is 22.6 Å². The molecule has 0 saturated heterocycles. The predicted octanol–water partition coefficient (Wildman–Crippen LogP) is 6.07. The lowest BCUT2D eigenvalue weighted by molar-refractivity contribution is -0.118. The van der Waals surface area contributed by atoms with Crippen molar-refractivity contribution in [2.24, 2.45) is 5.10 Å². The van der Waals surface area contributed by atoms with Crippen molar-refractivity contribution in [3.8, 4) is 28.5 Å². The minimum Gasteiger partial charge on any atom is -0.494 e. The summed E-state index contributed by atoms with van der Waals surface area (Å²) < 4.78 is 16.9. The average Bonchev–Trinajstić information content (AvgIpc) is 3.39. The molecule has 190 valence electrons. The van der Waals surface area contributed by atoms with Crippen molar-refractivity contribution < 1.29 is 19.0 Å². The van der Waals surface area contributed by atoms with Gasteiger partial charge in [0, 0.05) is 16.6 Å². The van der Waals surface area contributed by atoms with Crippen molar-refractivity contribution in [3.05, 3.63) is 83.7 Å². The van der Waals surface area contributed by atoms with Gasteiger partial charge in [-0.25, -0.2) is 4.98 Å². The zero-order valence-electron chi connectivity index (χ0n) is 20.6. The third-order valence-corrected chi connectivity index (χ3v) is 5.77. The largest absolute Gasteiger partial charge is 0.494 e. The van der Waals surface area contributed by atoms with Crippen LogP contribution in [0.1, 0.15) is 19.4 Å². The molecule has 0 aliphatic rings. The van der Waals surface area contributed by atoms with Gasteiger partial charge in [-0.15, -0.1) is 11.3 Å². The maximum absolute atomic E-state index is 12.4. The van der Waals surface area contributed by atoms with E-state index in [1.165, 1.54) is 11.3 Å². The van der Waals surface area contributed by atoms with Gasteiger partial charge in [0.05, 0.1) is 25.1 Å². The number of carbonyl (C=O) groups excluding carboxylic acids is 1. The average molecular weight is 517 g/mol. The number of hydrogen-bond donors (Lipinski definition) is 2. The summed E-state index contributed by atoms with van der Waals surface area (Å²) in [6, 6.07) is 22.6. The van der Waals surface area contributed by atoms with Crippen LogP contribution in [0.5, 0.6) is 17.2 Å². The van der Waals surface area contributed by atoms with E-state index in [1.54, 1.807) is 36.5 Å². The minimum atomic E-state index is -0.278. The summed E-state index contributed by atoms with van der Waals surface area (Å²) in [7, 11) is 0. The summed E-state index contributed by atoms with van der Waals surface area (Å²) in [5.41, 5.74) is 6.39. The first-order valence-corrected chi connectivity index (χ1v) is 12.7. The van der Waals surface area contributed by atoms with Gasteiger partial charge in [-0.3, -0.25) is 10.2 Å². The molecule has 1 heterocycles. The van der Waals surface area contributed by atoms with Gasteiger partial charge in [-0.1, -0.05) is 30.3 Å². The second kappa shape index (κ2) is 13.1. The third kappa shape index (κ3) is 7.55. The van der Waals surface area contributed by atoms with Crippen molar-refractivity contribution in [1.82, 2.24) is 4.98 Å². The van der Waals surface area contributed by atoms with Crippen LogP contribution in [0.25, 0.3) is 11.3 Å². The lowest BCUT2D eigenvalue weighted by Gasteiger charge is -2.13. The molecule has 0 saturated carbocycles. The van der Waals surface area contributed by atoms with Crippen LogP contribution in [0.3, 0.4) is 0 Å². The molecular weight excluding hydrogens is 488 g/mol. The summed E-state index contributed by atoms with van der Waals surface area (Å²) in [6.07, 6.45) is 1.68. The van der Waals surface area contributed by atoms with E-state index in [-0.39, 0.29) is 12.5 Å². The Labute approximate surface area is 219 Å². The standard InChI is InChI=1S/C28H28N4O4S/c1-3-34-23-13-11-22(12-14-23)30-27(33)18-36-25-15-10-20(16-26(25)35-4-2)17-29-32-28-31-24(19-37-28)21-8-6-5-7-9-21/h5-17,19H,3-4,18H2,1-2H3,(H,30,33)(H,31,32). The first kappa shape index (κ1) is 25.7. The zero-order valence-corrected chi connectivity index (χ0v) is 21.5. The van der Waals surface area contributed by atoms with Crippen LogP contribution >= 0.6 is 11.3 Å². The van der Waals surface area contributed by atoms with E-state index in [1.807, 2.05) is 61.7 Å². The molecule has 0 aliphatic heterocycles. The molecule has 1 amide bonds. The van der Waals surface area contributed by atoms with E-state index in [0.29, 0.717) is 35.5 Å². The summed E-state index contributed by atoms with van der Waals surface area (Å²) in [6.45, 7) is 4.69. The predicted molar refractivity (Wildman–Crippen MR) is 148 cm³/mol. The van der Waals surface area contributed by atoms with E-state index in [2.05, 4.69) is 20.8 Å². The highest BCUT2D eigenvalue weighted by Gasteiger charge is 2.10. The second-order valence-electron chi connectivity index (χ2n) is 7.71. The lowest BCUT2D eigenvalue weighted by Crippen LogP contribution is -2.20. The number of hydrogen-bond acceptors (Lipinski definition) is 8. The van der Waals surface area contributed by atoms with Crippen molar-refractivity contribution in [3.63, 3.8) is 0 Å². The van der Waals surface area contributed by atoms with Crippen LogP contribution in [0.2, 0.25) is 0 Å². The highest BCUT2D eigenvalue weighted by Crippen LogP contribution is 2.28. The number of hydrazone groups is 1. The molecule has 0 unspecified atom stereocenters. The Morgan fingerprint density at radius 3 is 2.49 bits per heavy atom. The number of rotatable bonds is 12. The topological polar surface area (TPSA) is 94.1 Å².